The standard InChI is InChI=1S/C11H12Cl2FNO2/c1-17-6-8(5-12)15-11(16)7-2-3-9(13)10(14)4-7/h2-4,8H,5-6H2,1H3,(H,15,16). The average Bonchev–Trinajstić information content (AvgIpc) is 2.31. The topological polar surface area (TPSA) is 38.3 Å². The molecule has 0 aromatic heterocycles. The number of ether oxygens (including phenoxy) is 1. The van der Waals surface area contributed by atoms with Crippen molar-refractivity contribution in [1.29, 1.82) is 0 Å². The van der Waals surface area contributed by atoms with Gasteiger partial charge in [0, 0.05) is 18.6 Å². The molecule has 0 saturated carbocycles. The van der Waals surface area contributed by atoms with Crippen molar-refractivity contribution < 1.29 is 13.9 Å². The van der Waals surface area contributed by atoms with Gasteiger partial charge in [0.25, 0.3) is 5.91 Å². The smallest absolute Gasteiger partial charge is 0.251 e. The molecule has 0 aliphatic carbocycles. The molecule has 0 radical (unpaired) electrons. The second kappa shape index (κ2) is 6.79. The Kier molecular flexibility index (Phi) is 5.68. The van der Waals surface area contributed by atoms with Crippen molar-refractivity contribution in [2.45, 2.75) is 6.04 Å². The molecule has 1 N–H and O–H groups in total. The van der Waals surface area contributed by atoms with Crippen LogP contribution in [0.5, 0.6) is 0 Å². The van der Waals surface area contributed by atoms with Crippen LogP contribution in [0, 0.1) is 5.82 Å². The van der Waals surface area contributed by atoms with Gasteiger partial charge in [-0.05, 0) is 18.2 Å². The fourth-order valence-corrected chi connectivity index (χ4v) is 1.52. The highest BCUT2D eigenvalue weighted by atomic mass is 35.5. The molecule has 0 fully saturated rings. The van der Waals surface area contributed by atoms with E-state index >= 15 is 0 Å². The summed E-state index contributed by atoms with van der Waals surface area (Å²) in [6.07, 6.45) is 0. The van der Waals surface area contributed by atoms with Gasteiger partial charge >= 0.3 is 0 Å². The van der Waals surface area contributed by atoms with Crippen LogP contribution in [0.15, 0.2) is 18.2 Å². The Morgan fingerprint density at radius 1 is 1.59 bits per heavy atom. The number of methoxy groups -OCH3 is 1. The van der Waals surface area contributed by atoms with Crippen LogP contribution in [0.3, 0.4) is 0 Å². The van der Waals surface area contributed by atoms with Gasteiger partial charge in [-0.1, -0.05) is 11.6 Å². The molecular weight excluding hydrogens is 268 g/mol. The molecule has 0 heterocycles. The summed E-state index contributed by atoms with van der Waals surface area (Å²) in [7, 11) is 1.51. The Morgan fingerprint density at radius 3 is 2.82 bits per heavy atom. The van der Waals surface area contributed by atoms with Gasteiger partial charge in [-0.25, -0.2) is 4.39 Å². The number of amides is 1. The lowest BCUT2D eigenvalue weighted by Crippen LogP contribution is -2.39. The Balaban J connectivity index is 2.72. The minimum absolute atomic E-state index is 0.0210. The number of hydrogen-bond donors (Lipinski definition) is 1. The third-order valence-corrected chi connectivity index (χ3v) is 2.75. The van der Waals surface area contributed by atoms with Gasteiger partial charge in [0.2, 0.25) is 0 Å². The average molecular weight is 280 g/mol. The van der Waals surface area contributed by atoms with Crippen molar-refractivity contribution in [1.82, 2.24) is 5.32 Å². The number of hydrogen-bond acceptors (Lipinski definition) is 2. The van der Waals surface area contributed by atoms with Gasteiger partial charge in [-0.15, -0.1) is 11.6 Å². The zero-order chi connectivity index (χ0) is 12.8. The molecule has 3 nitrogen and oxygen atoms in total. The van der Waals surface area contributed by atoms with Crippen LogP contribution < -0.4 is 5.32 Å². The highest BCUT2D eigenvalue weighted by Gasteiger charge is 2.14. The Hall–Kier alpha value is -0.840. The van der Waals surface area contributed by atoms with Gasteiger partial charge in [0.15, 0.2) is 0 Å². The molecule has 0 spiro atoms. The number of nitrogens with one attached hydrogen (secondary N) is 1. The molecule has 1 amide bonds. The SMILES string of the molecule is COCC(CCl)NC(=O)c1ccc(Cl)c(F)c1. The summed E-state index contributed by atoms with van der Waals surface area (Å²) < 4.78 is 18.0. The van der Waals surface area contributed by atoms with Gasteiger partial charge in [0.1, 0.15) is 5.82 Å². The van der Waals surface area contributed by atoms with E-state index in [2.05, 4.69) is 5.32 Å². The van der Waals surface area contributed by atoms with Crippen molar-refractivity contribution in [2.24, 2.45) is 0 Å². The van der Waals surface area contributed by atoms with Crippen LogP contribution in [0.25, 0.3) is 0 Å². The first kappa shape index (κ1) is 14.2. The Labute approximate surface area is 109 Å². The summed E-state index contributed by atoms with van der Waals surface area (Å²) in [6.45, 7) is 0.297. The normalized spacial score (nSPS) is 12.2. The Bertz CT molecular complexity index is 401. The lowest BCUT2D eigenvalue weighted by atomic mass is 10.2. The fourth-order valence-electron chi connectivity index (χ4n) is 1.23. The minimum Gasteiger partial charge on any atom is -0.383 e. The summed E-state index contributed by atoms with van der Waals surface area (Å²) in [5.74, 6) is -0.827. The lowest BCUT2D eigenvalue weighted by molar-refractivity contribution is 0.0906. The van der Waals surface area contributed by atoms with E-state index in [9.17, 15) is 9.18 Å². The number of alkyl halides is 1. The summed E-state index contributed by atoms with van der Waals surface area (Å²) in [4.78, 5) is 11.7. The predicted molar refractivity (Wildman–Crippen MR) is 65.3 cm³/mol. The van der Waals surface area contributed by atoms with E-state index < -0.39 is 11.7 Å². The first-order valence-electron chi connectivity index (χ1n) is 4.89. The van der Waals surface area contributed by atoms with E-state index in [1.165, 1.54) is 19.2 Å². The van der Waals surface area contributed by atoms with Crippen LogP contribution in [-0.2, 0) is 4.74 Å². The molecule has 0 saturated heterocycles. The maximum atomic E-state index is 13.1. The van der Waals surface area contributed by atoms with E-state index in [0.717, 1.165) is 6.07 Å². The number of rotatable bonds is 5. The second-order valence-corrected chi connectivity index (χ2v) is 4.12. The summed E-state index contributed by atoms with van der Waals surface area (Å²) in [5.41, 5.74) is 0.193. The van der Waals surface area contributed by atoms with Crippen LogP contribution in [0.1, 0.15) is 10.4 Å². The number of carbonyl (C=O) groups excluding carboxylic acids is 1. The van der Waals surface area contributed by atoms with Crippen LogP contribution in [0.4, 0.5) is 4.39 Å². The molecule has 1 rings (SSSR count). The Morgan fingerprint density at radius 2 is 2.29 bits per heavy atom. The van der Waals surface area contributed by atoms with Crippen molar-refractivity contribution in [3.63, 3.8) is 0 Å². The van der Waals surface area contributed by atoms with E-state index in [-0.39, 0.29) is 22.5 Å². The third kappa shape index (κ3) is 4.15. The van der Waals surface area contributed by atoms with Crippen molar-refractivity contribution >= 4 is 29.1 Å². The fraction of sp³-hybridized carbons (Fsp3) is 0.364. The lowest BCUT2D eigenvalue weighted by Gasteiger charge is -2.14. The molecule has 94 valence electrons. The highest BCUT2D eigenvalue weighted by molar-refractivity contribution is 6.30. The molecule has 1 atom stereocenters. The van der Waals surface area contributed by atoms with Gasteiger partial charge < -0.3 is 10.1 Å². The third-order valence-electron chi connectivity index (χ3n) is 2.07. The zero-order valence-electron chi connectivity index (χ0n) is 9.17. The second-order valence-electron chi connectivity index (χ2n) is 3.41. The first-order chi connectivity index (χ1) is 8.08. The van der Waals surface area contributed by atoms with E-state index in [1.54, 1.807) is 0 Å². The van der Waals surface area contributed by atoms with E-state index in [0.29, 0.717) is 6.61 Å². The molecular formula is C11H12Cl2FNO2. The molecule has 6 heteroatoms. The van der Waals surface area contributed by atoms with Crippen molar-refractivity contribution in [3.8, 4) is 0 Å². The predicted octanol–water partition coefficient (Wildman–Crippen LogP) is 2.46. The summed E-state index contributed by atoms with van der Waals surface area (Å²) >= 11 is 11.2. The molecule has 1 aromatic carbocycles. The van der Waals surface area contributed by atoms with E-state index in [1.807, 2.05) is 0 Å². The van der Waals surface area contributed by atoms with Gasteiger partial charge in [-0.2, -0.15) is 0 Å². The molecule has 0 aliphatic rings. The van der Waals surface area contributed by atoms with Crippen molar-refractivity contribution in [2.75, 3.05) is 19.6 Å². The van der Waals surface area contributed by atoms with E-state index in [4.69, 9.17) is 27.9 Å². The quantitative estimate of drug-likeness (QED) is 0.841. The van der Waals surface area contributed by atoms with Crippen LogP contribution >= 0.6 is 23.2 Å². The molecule has 1 aromatic rings. The molecule has 1 unspecified atom stereocenters. The minimum atomic E-state index is -0.631. The maximum Gasteiger partial charge on any atom is 0.251 e. The summed E-state index contributed by atoms with van der Waals surface area (Å²) in [6, 6.07) is 3.54. The molecule has 0 bridgehead atoms. The van der Waals surface area contributed by atoms with Crippen LogP contribution in [-0.4, -0.2) is 31.5 Å². The molecule has 17 heavy (non-hydrogen) atoms. The first-order valence-corrected chi connectivity index (χ1v) is 5.80. The van der Waals surface area contributed by atoms with Crippen LogP contribution in [0.2, 0.25) is 5.02 Å². The van der Waals surface area contributed by atoms with Gasteiger partial charge in [0.05, 0.1) is 17.7 Å². The maximum absolute atomic E-state index is 13.1. The highest BCUT2D eigenvalue weighted by Crippen LogP contribution is 2.15. The zero-order valence-corrected chi connectivity index (χ0v) is 10.7. The number of carbonyl (C=O) groups is 1. The van der Waals surface area contributed by atoms with Gasteiger partial charge in [-0.3, -0.25) is 4.79 Å². The largest absolute Gasteiger partial charge is 0.383 e. The number of benzene rings is 1. The van der Waals surface area contributed by atoms with Crippen molar-refractivity contribution in [3.05, 3.63) is 34.6 Å². The molecule has 0 aliphatic heterocycles. The summed E-state index contributed by atoms with van der Waals surface area (Å²) in [5, 5.41) is 2.60. The number of halogens is 3. The monoisotopic (exact) mass is 279 g/mol.